The molecule has 5 heteroatoms. The van der Waals surface area contributed by atoms with Crippen molar-refractivity contribution in [2.75, 3.05) is 40.3 Å². The van der Waals surface area contributed by atoms with Crippen LogP contribution in [-0.4, -0.2) is 90.1 Å². The number of hydrogen-bond acceptors (Lipinski definition) is 3. The van der Waals surface area contributed by atoms with E-state index in [0.29, 0.717) is 18.1 Å². The third-order valence-corrected chi connectivity index (χ3v) is 5.64. The monoisotopic (exact) mass is 310 g/mol. The largest absolute Gasteiger partial charge is 0.325 e. The Hall–Kier alpha value is -0.810. The average Bonchev–Trinajstić information content (AvgIpc) is 2.43. The van der Waals surface area contributed by atoms with Gasteiger partial charge in [-0.2, -0.15) is 0 Å². The minimum atomic E-state index is 0.212. The van der Waals surface area contributed by atoms with Gasteiger partial charge in [0.15, 0.2) is 0 Å². The normalized spacial score (nSPS) is 25.6. The summed E-state index contributed by atoms with van der Waals surface area (Å²) in [6.45, 7) is 12.8. The lowest BCUT2D eigenvalue weighted by Gasteiger charge is -2.54. The van der Waals surface area contributed by atoms with E-state index in [2.05, 4.69) is 49.4 Å². The molecule has 1 aliphatic carbocycles. The second-order valence-electron chi connectivity index (χ2n) is 7.50. The van der Waals surface area contributed by atoms with Crippen molar-refractivity contribution in [3.8, 4) is 0 Å². The molecule has 2 rings (SSSR count). The minimum absolute atomic E-state index is 0.212. The summed E-state index contributed by atoms with van der Waals surface area (Å²) in [5, 5.41) is 0. The van der Waals surface area contributed by atoms with Gasteiger partial charge < -0.3 is 14.7 Å². The highest BCUT2D eigenvalue weighted by atomic mass is 16.2. The zero-order chi connectivity index (χ0) is 16.4. The zero-order valence-electron chi connectivity index (χ0n) is 15.2. The summed E-state index contributed by atoms with van der Waals surface area (Å²) in [5.74, 6) is 0. The number of carbonyl (C=O) groups excluding carboxylic acids is 1. The summed E-state index contributed by atoms with van der Waals surface area (Å²) in [6, 6.07) is 2.10. The Kier molecular flexibility index (Phi) is 5.72. The lowest BCUT2D eigenvalue weighted by atomic mass is 9.82. The van der Waals surface area contributed by atoms with Crippen LogP contribution in [0, 0.1) is 0 Å². The predicted molar refractivity (Wildman–Crippen MR) is 91.2 cm³/mol. The summed E-state index contributed by atoms with van der Waals surface area (Å²) in [4.78, 5) is 21.6. The number of likely N-dealkylation sites (N-methyl/N-ethyl adjacent to an activating group) is 1. The third kappa shape index (κ3) is 3.57. The number of nitrogens with zero attached hydrogens (tertiary/aromatic N) is 4. The van der Waals surface area contributed by atoms with Crippen molar-refractivity contribution in [1.29, 1.82) is 0 Å². The smallest absolute Gasteiger partial charge is 0.320 e. The molecule has 2 aliphatic rings. The van der Waals surface area contributed by atoms with Crippen molar-refractivity contribution in [3.63, 3.8) is 0 Å². The molecule has 0 N–H and O–H groups in total. The molecule has 2 unspecified atom stereocenters. The molecule has 1 aliphatic heterocycles. The second kappa shape index (κ2) is 7.18. The van der Waals surface area contributed by atoms with Crippen LogP contribution in [0.3, 0.4) is 0 Å². The quantitative estimate of drug-likeness (QED) is 0.777. The summed E-state index contributed by atoms with van der Waals surface area (Å²) >= 11 is 0. The Morgan fingerprint density at radius 3 is 2.18 bits per heavy atom. The average molecular weight is 310 g/mol. The van der Waals surface area contributed by atoms with Gasteiger partial charge in [0, 0.05) is 57.4 Å². The highest BCUT2D eigenvalue weighted by molar-refractivity contribution is 5.75. The maximum Gasteiger partial charge on any atom is 0.320 e. The first-order chi connectivity index (χ1) is 10.3. The Bertz CT molecular complexity index is 385. The van der Waals surface area contributed by atoms with Crippen LogP contribution in [0.5, 0.6) is 0 Å². The van der Waals surface area contributed by atoms with E-state index in [-0.39, 0.29) is 12.1 Å². The fourth-order valence-corrected chi connectivity index (χ4v) is 3.31. The highest BCUT2D eigenvalue weighted by Gasteiger charge is 2.45. The molecule has 0 aromatic carbocycles. The van der Waals surface area contributed by atoms with Gasteiger partial charge in [0.1, 0.15) is 0 Å². The van der Waals surface area contributed by atoms with E-state index in [1.54, 1.807) is 0 Å². The molecule has 5 nitrogen and oxygen atoms in total. The van der Waals surface area contributed by atoms with E-state index in [1.165, 1.54) is 12.8 Å². The van der Waals surface area contributed by atoms with Gasteiger partial charge in [0.25, 0.3) is 0 Å². The van der Waals surface area contributed by atoms with Crippen LogP contribution in [0.15, 0.2) is 0 Å². The van der Waals surface area contributed by atoms with E-state index in [1.807, 2.05) is 11.9 Å². The van der Waals surface area contributed by atoms with Gasteiger partial charge >= 0.3 is 6.03 Å². The number of piperazine rings is 1. The topological polar surface area (TPSA) is 30.0 Å². The lowest BCUT2D eigenvalue weighted by molar-refractivity contribution is -0.0276. The fourth-order valence-electron chi connectivity index (χ4n) is 3.31. The van der Waals surface area contributed by atoms with Gasteiger partial charge in [-0.15, -0.1) is 0 Å². The first-order valence-electron chi connectivity index (χ1n) is 8.80. The maximum absolute atomic E-state index is 12.6. The van der Waals surface area contributed by atoms with Gasteiger partial charge in [0.2, 0.25) is 0 Å². The number of hydrogen-bond donors (Lipinski definition) is 0. The molecule has 0 spiro atoms. The van der Waals surface area contributed by atoms with Gasteiger partial charge in [-0.3, -0.25) is 4.90 Å². The molecule has 0 aromatic rings. The second-order valence-corrected chi connectivity index (χ2v) is 7.50. The highest BCUT2D eigenvalue weighted by Crippen LogP contribution is 2.34. The molecule has 1 heterocycles. The van der Waals surface area contributed by atoms with Crippen LogP contribution < -0.4 is 0 Å². The molecule has 2 atom stereocenters. The van der Waals surface area contributed by atoms with Crippen molar-refractivity contribution in [2.24, 2.45) is 0 Å². The number of carbonyl (C=O) groups is 1. The van der Waals surface area contributed by atoms with Crippen molar-refractivity contribution < 1.29 is 4.79 Å². The summed E-state index contributed by atoms with van der Waals surface area (Å²) < 4.78 is 0. The molecular formula is C17H34N4O. The molecule has 128 valence electrons. The summed E-state index contributed by atoms with van der Waals surface area (Å²) in [6.07, 6.45) is 2.41. The number of fused-ring (bicyclic) bond motifs is 1. The fraction of sp³-hybridized carbons (Fsp3) is 0.941. The van der Waals surface area contributed by atoms with Crippen LogP contribution in [0.4, 0.5) is 4.79 Å². The molecule has 1 saturated carbocycles. The Labute approximate surface area is 136 Å². The standard InChI is InChI=1S/C17H34N4O/c1-13(2)18(5)9-10-20-11-12-21(16-8-7-15(16)20)17(22)19(6)14(3)4/h13-16H,7-12H2,1-6H3. The van der Waals surface area contributed by atoms with Crippen LogP contribution in [0.25, 0.3) is 0 Å². The van der Waals surface area contributed by atoms with Crippen molar-refractivity contribution in [3.05, 3.63) is 0 Å². The molecular weight excluding hydrogens is 276 g/mol. The van der Waals surface area contributed by atoms with E-state index < -0.39 is 0 Å². The summed E-state index contributed by atoms with van der Waals surface area (Å²) in [7, 11) is 4.12. The number of urea groups is 1. The third-order valence-electron chi connectivity index (χ3n) is 5.64. The van der Waals surface area contributed by atoms with Gasteiger partial charge in [-0.05, 0) is 47.6 Å². The number of amides is 2. The molecule has 2 amide bonds. The molecule has 0 bridgehead atoms. The van der Waals surface area contributed by atoms with E-state index in [0.717, 1.165) is 26.2 Å². The lowest BCUT2D eigenvalue weighted by Crippen LogP contribution is -2.68. The van der Waals surface area contributed by atoms with E-state index in [9.17, 15) is 4.79 Å². The Morgan fingerprint density at radius 1 is 1.05 bits per heavy atom. The SMILES string of the molecule is CC(C)N(C)CCN1CCN(C(=O)N(C)C(C)C)C2CCC21. The molecule has 2 fully saturated rings. The Balaban J connectivity index is 1.89. The molecule has 22 heavy (non-hydrogen) atoms. The number of rotatable bonds is 5. The van der Waals surface area contributed by atoms with Crippen LogP contribution in [0.2, 0.25) is 0 Å². The van der Waals surface area contributed by atoms with Crippen molar-refractivity contribution >= 4 is 6.03 Å². The first kappa shape index (κ1) is 17.5. The summed E-state index contributed by atoms with van der Waals surface area (Å²) in [5.41, 5.74) is 0. The molecule has 0 radical (unpaired) electrons. The van der Waals surface area contributed by atoms with Crippen LogP contribution in [-0.2, 0) is 0 Å². The van der Waals surface area contributed by atoms with Crippen molar-refractivity contribution in [2.45, 2.75) is 64.7 Å². The van der Waals surface area contributed by atoms with Gasteiger partial charge in [-0.1, -0.05) is 0 Å². The maximum atomic E-state index is 12.6. The van der Waals surface area contributed by atoms with E-state index in [4.69, 9.17) is 0 Å². The van der Waals surface area contributed by atoms with E-state index >= 15 is 0 Å². The van der Waals surface area contributed by atoms with Gasteiger partial charge in [0.05, 0.1) is 0 Å². The van der Waals surface area contributed by atoms with Crippen LogP contribution >= 0.6 is 0 Å². The minimum Gasteiger partial charge on any atom is -0.325 e. The first-order valence-corrected chi connectivity index (χ1v) is 8.80. The molecule has 0 aromatic heterocycles. The molecule has 1 saturated heterocycles. The zero-order valence-corrected chi connectivity index (χ0v) is 15.2. The van der Waals surface area contributed by atoms with Gasteiger partial charge in [-0.25, -0.2) is 4.79 Å². The Morgan fingerprint density at radius 2 is 1.68 bits per heavy atom. The van der Waals surface area contributed by atoms with Crippen LogP contribution in [0.1, 0.15) is 40.5 Å². The van der Waals surface area contributed by atoms with Crippen molar-refractivity contribution in [1.82, 2.24) is 19.6 Å². The predicted octanol–water partition coefficient (Wildman–Crippen LogP) is 1.94.